The highest BCUT2D eigenvalue weighted by Crippen LogP contribution is 2.42. The fraction of sp³-hybridized carbons (Fsp3) is 0.600. The Morgan fingerprint density at radius 1 is 1.10 bits per heavy atom. The van der Waals surface area contributed by atoms with E-state index in [1.54, 1.807) is 12.1 Å². The summed E-state index contributed by atoms with van der Waals surface area (Å²) in [6.45, 7) is 1.51. The van der Waals surface area contributed by atoms with E-state index in [4.69, 9.17) is 0 Å². The lowest BCUT2D eigenvalue weighted by molar-refractivity contribution is 0.234. The van der Waals surface area contributed by atoms with Crippen LogP contribution in [-0.4, -0.2) is 27.3 Å². The summed E-state index contributed by atoms with van der Waals surface area (Å²) in [6, 6.07) is 6.14. The van der Waals surface area contributed by atoms with Gasteiger partial charge in [0.1, 0.15) is 0 Å². The van der Waals surface area contributed by atoms with Crippen LogP contribution < -0.4 is 4.90 Å². The van der Waals surface area contributed by atoms with Crippen LogP contribution in [-0.2, 0) is 9.84 Å². The summed E-state index contributed by atoms with van der Waals surface area (Å²) in [6.07, 6.45) is 4.64. The summed E-state index contributed by atoms with van der Waals surface area (Å²) >= 11 is 0. The molecule has 3 rings (SSSR count). The van der Waals surface area contributed by atoms with Crippen LogP contribution in [0.1, 0.15) is 25.7 Å². The quantitative estimate of drug-likeness (QED) is 0.855. The Kier molecular flexibility index (Phi) is 3.90. The van der Waals surface area contributed by atoms with Gasteiger partial charge in [0.05, 0.1) is 10.6 Å². The molecule has 0 bridgehead atoms. The van der Waals surface area contributed by atoms with Gasteiger partial charge in [0.2, 0.25) is 9.84 Å². The molecule has 1 atom stereocenters. The largest absolute Gasteiger partial charge is 0.370 e. The highest BCUT2D eigenvalue weighted by molar-refractivity contribution is 7.91. The molecule has 1 aromatic carbocycles. The third kappa shape index (κ3) is 2.91. The van der Waals surface area contributed by atoms with E-state index in [1.807, 2.05) is 4.90 Å². The topological polar surface area (TPSA) is 37.4 Å². The number of benzene rings is 1. The molecule has 6 heteroatoms. The maximum atomic E-state index is 12.9. The molecular weight excluding hydrogens is 296 g/mol. The fourth-order valence-electron chi connectivity index (χ4n) is 3.24. The summed E-state index contributed by atoms with van der Waals surface area (Å²) in [5, 5.41) is 0. The van der Waals surface area contributed by atoms with Gasteiger partial charge in [0.15, 0.2) is 0 Å². The van der Waals surface area contributed by atoms with Gasteiger partial charge in [-0.3, -0.25) is 0 Å². The zero-order chi connectivity index (χ0) is 15.0. The van der Waals surface area contributed by atoms with Crippen molar-refractivity contribution in [2.24, 2.45) is 11.8 Å². The van der Waals surface area contributed by atoms with E-state index in [2.05, 4.69) is 0 Å². The van der Waals surface area contributed by atoms with E-state index >= 15 is 0 Å². The van der Waals surface area contributed by atoms with Crippen LogP contribution in [0, 0.1) is 11.8 Å². The zero-order valence-electron chi connectivity index (χ0n) is 11.7. The second-order valence-electron chi connectivity index (χ2n) is 5.96. The Labute approximate surface area is 123 Å². The predicted molar refractivity (Wildman–Crippen MR) is 77.3 cm³/mol. The predicted octanol–water partition coefficient (Wildman–Crippen LogP) is 3.31. The smallest absolute Gasteiger partial charge is 0.341 e. The van der Waals surface area contributed by atoms with E-state index in [9.17, 15) is 17.2 Å². The van der Waals surface area contributed by atoms with E-state index in [-0.39, 0.29) is 4.90 Å². The maximum Gasteiger partial charge on any atom is 0.341 e. The van der Waals surface area contributed by atoms with Crippen LogP contribution in [0.15, 0.2) is 29.2 Å². The molecule has 1 aliphatic carbocycles. The monoisotopic (exact) mass is 315 g/mol. The molecule has 0 aromatic heterocycles. The van der Waals surface area contributed by atoms with Crippen LogP contribution in [0.2, 0.25) is 0 Å². The van der Waals surface area contributed by atoms with Crippen LogP contribution >= 0.6 is 0 Å². The molecule has 1 unspecified atom stereocenters. The van der Waals surface area contributed by atoms with Crippen molar-refractivity contribution < 1.29 is 17.2 Å². The van der Waals surface area contributed by atoms with Crippen molar-refractivity contribution in [2.75, 3.05) is 18.0 Å². The first-order chi connectivity index (χ1) is 10.00. The number of piperidine rings is 1. The van der Waals surface area contributed by atoms with E-state index < -0.39 is 15.6 Å². The average molecular weight is 315 g/mol. The zero-order valence-corrected chi connectivity index (χ0v) is 12.5. The summed E-state index contributed by atoms with van der Waals surface area (Å²) in [4.78, 5) is 1.73. The number of rotatable bonds is 4. The highest BCUT2D eigenvalue weighted by Gasteiger charge is 2.36. The lowest BCUT2D eigenvalue weighted by Gasteiger charge is -2.35. The van der Waals surface area contributed by atoms with Crippen LogP contribution in [0.4, 0.5) is 14.5 Å². The maximum absolute atomic E-state index is 12.9. The minimum absolute atomic E-state index is 0.239. The van der Waals surface area contributed by atoms with Gasteiger partial charge in [-0.05, 0) is 49.7 Å². The summed E-state index contributed by atoms with van der Waals surface area (Å²) in [5.41, 5.74) is 0.433. The number of hydrogen-bond acceptors (Lipinski definition) is 3. The van der Waals surface area contributed by atoms with E-state index in [1.165, 1.54) is 25.0 Å². The van der Waals surface area contributed by atoms with E-state index in [0.717, 1.165) is 31.8 Å². The van der Waals surface area contributed by atoms with Gasteiger partial charge >= 0.3 is 5.76 Å². The molecule has 0 radical (unpaired) electrons. The minimum Gasteiger partial charge on any atom is -0.370 e. The number of para-hydroxylation sites is 1. The molecular formula is C15H19F2NO2S. The number of alkyl halides is 2. The standard InChI is InChI=1S/C15H19F2NO2S/c16-15(17)21(19,20)14-6-2-1-5-13(14)18-9-3-4-12(10-18)11-7-8-11/h1-2,5-6,11-12,15H,3-4,7-10H2. The Bertz CT molecular complexity index is 614. The molecule has 21 heavy (non-hydrogen) atoms. The molecule has 2 fully saturated rings. The molecule has 1 aromatic rings. The normalized spacial score (nSPS) is 23.6. The van der Waals surface area contributed by atoms with Crippen molar-refractivity contribution in [3.05, 3.63) is 24.3 Å². The first kappa shape index (κ1) is 14.8. The first-order valence-electron chi connectivity index (χ1n) is 7.36. The Morgan fingerprint density at radius 3 is 2.48 bits per heavy atom. The van der Waals surface area contributed by atoms with Crippen molar-refractivity contribution in [3.8, 4) is 0 Å². The Hall–Kier alpha value is -1.17. The number of halogens is 2. The Morgan fingerprint density at radius 2 is 1.81 bits per heavy atom. The fourth-order valence-corrected chi connectivity index (χ4v) is 4.19. The summed E-state index contributed by atoms with van der Waals surface area (Å²) in [5.74, 6) is -2.06. The number of anilines is 1. The molecule has 0 amide bonds. The van der Waals surface area contributed by atoms with Gasteiger partial charge in [-0.25, -0.2) is 8.42 Å². The van der Waals surface area contributed by atoms with Gasteiger partial charge in [-0.1, -0.05) is 12.1 Å². The number of sulfone groups is 1. The van der Waals surface area contributed by atoms with Crippen LogP contribution in [0.5, 0.6) is 0 Å². The van der Waals surface area contributed by atoms with Crippen molar-refractivity contribution in [2.45, 2.75) is 36.3 Å². The van der Waals surface area contributed by atoms with Gasteiger partial charge in [0.25, 0.3) is 0 Å². The number of hydrogen-bond donors (Lipinski definition) is 0. The van der Waals surface area contributed by atoms with E-state index in [0.29, 0.717) is 11.6 Å². The molecule has 1 aliphatic heterocycles. The second-order valence-corrected chi connectivity index (χ2v) is 7.85. The first-order valence-corrected chi connectivity index (χ1v) is 8.91. The molecule has 3 nitrogen and oxygen atoms in total. The van der Waals surface area contributed by atoms with Gasteiger partial charge < -0.3 is 4.90 Å². The molecule has 0 spiro atoms. The molecule has 2 aliphatic rings. The lowest BCUT2D eigenvalue weighted by Crippen LogP contribution is -2.37. The molecule has 1 saturated carbocycles. The Balaban J connectivity index is 1.91. The summed E-state index contributed by atoms with van der Waals surface area (Å²) < 4.78 is 49.4. The van der Waals surface area contributed by atoms with Crippen molar-refractivity contribution in [1.82, 2.24) is 0 Å². The van der Waals surface area contributed by atoms with Crippen LogP contribution in [0.25, 0.3) is 0 Å². The summed E-state index contributed by atoms with van der Waals surface area (Å²) in [7, 11) is -4.55. The number of nitrogens with zero attached hydrogens (tertiary/aromatic N) is 1. The molecule has 1 heterocycles. The minimum atomic E-state index is -4.55. The van der Waals surface area contributed by atoms with Gasteiger partial charge in [-0.2, -0.15) is 8.78 Å². The van der Waals surface area contributed by atoms with Crippen molar-refractivity contribution >= 4 is 15.5 Å². The SMILES string of the molecule is O=S(=O)(c1ccccc1N1CCCC(C2CC2)C1)C(F)F. The highest BCUT2D eigenvalue weighted by atomic mass is 32.2. The van der Waals surface area contributed by atoms with Gasteiger partial charge in [0, 0.05) is 13.1 Å². The molecule has 116 valence electrons. The van der Waals surface area contributed by atoms with Gasteiger partial charge in [-0.15, -0.1) is 0 Å². The third-order valence-corrected chi connectivity index (χ3v) is 5.92. The van der Waals surface area contributed by atoms with Crippen LogP contribution in [0.3, 0.4) is 0 Å². The van der Waals surface area contributed by atoms with Crippen molar-refractivity contribution in [3.63, 3.8) is 0 Å². The molecule has 1 saturated heterocycles. The van der Waals surface area contributed by atoms with Crippen molar-refractivity contribution in [1.29, 1.82) is 0 Å². The average Bonchev–Trinajstić information content (AvgIpc) is 3.32. The lowest BCUT2D eigenvalue weighted by atomic mass is 9.93. The third-order valence-electron chi connectivity index (χ3n) is 4.49. The molecule has 0 N–H and O–H groups in total. The second kappa shape index (κ2) is 5.55.